The smallest absolute Gasteiger partial charge is 0.344 e. The van der Waals surface area contributed by atoms with Crippen molar-refractivity contribution in [2.75, 3.05) is 38.9 Å². The second-order valence-corrected chi connectivity index (χ2v) is 6.15. The molecule has 32 heavy (non-hydrogen) atoms. The number of carbonyl (C=O) groups excluding carboxylic acids is 3. The van der Waals surface area contributed by atoms with Gasteiger partial charge in [0, 0.05) is 11.8 Å². The fourth-order valence-corrected chi connectivity index (χ4v) is 2.46. The van der Waals surface area contributed by atoms with Gasteiger partial charge in [-0.3, -0.25) is 10.1 Å². The van der Waals surface area contributed by atoms with Crippen LogP contribution in [0.5, 0.6) is 23.0 Å². The van der Waals surface area contributed by atoms with Crippen LogP contribution in [0.4, 0.5) is 10.5 Å². The highest BCUT2D eigenvalue weighted by Crippen LogP contribution is 2.30. The van der Waals surface area contributed by atoms with E-state index in [0.29, 0.717) is 41.9 Å². The van der Waals surface area contributed by atoms with Gasteiger partial charge in [-0.25, -0.2) is 9.59 Å². The Kier molecular flexibility index (Phi) is 9.64. The van der Waals surface area contributed by atoms with Crippen LogP contribution in [0.2, 0.25) is 0 Å². The SMILES string of the molecule is CCOc1ccc(NC(=O)NC(=O)COC(=O)COc2ccc(OC)cc2)cc1OCC. The first kappa shape index (κ1) is 24.3. The normalized spacial score (nSPS) is 9.97. The fraction of sp³-hybridized carbons (Fsp3) is 0.318. The predicted molar refractivity (Wildman–Crippen MR) is 115 cm³/mol. The number of benzene rings is 2. The molecule has 0 heterocycles. The third kappa shape index (κ3) is 8.05. The van der Waals surface area contributed by atoms with Crippen molar-refractivity contribution in [2.45, 2.75) is 13.8 Å². The molecule has 0 bridgehead atoms. The lowest BCUT2D eigenvalue weighted by molar-refractivity contribution is -0.150. The number of hydrogen-bond acceptors (Lipinski definition) is 8. The van der Waals surface area contributed by atoms with Gasteiger partial charge in [0.25, 0.3) is 5.91 Å². The van der Waals surface area contributed by atoms with Crippen LogP contribution in [0.3, 0.4) is 0 Å². The van der Waals surface area contributed by atoms with E-state index in [2.05, 4.69) is 10.6 Å². The summed E-state index contributed by atoms with van der Waals surface area (Å²) >= 11 is 0. The number of nitrogens with one attached hydrogen (secondary N) is 2. The molecule has 0 aliphatic carbocycles. The Bertz CT molecular complexity index is 915. The van der Waals surface area contributed by atoms with Gasteiger partial charge in [-0.05, 0) is 50.2 Å². The summed E-state index contributed by atoms with van der Waals surface area (Å²) in [5, 5.41) is 4.57. The zero-order chi connectivity index (χ0) is 23.3. The van der Waals surface area contributed by atoms with E-state index in [-0.39, 0.29) is 0 Å². The van der Waals surface area contributed by atoms with Gasteiger partial charge >= 0.3 is 12.0 Å². The minimum absolute atomic E-state index is 0.391. The van der Waals surface area contributed by atoms with Crippen molar-refractivity contribution in [2.24, 2.45) is 0 Å². The molecule has 3 amide bonds. The van der Waals surface area contributed by atoms with E-state index in [1.54, 1.807) is 42.5 Å². The molecule has 0 atom stereocenters. The van der Waals surface area contributed by atoms with Gasteiger partial charge in [-0.1, -0.05) is 0 Å². The highest BCUT2D eigenvalue weighted by molar-refractivity contribution is 6.02. The van der Waals surface area contributed by atoms with E-state index in [4.69, 9.17) is 23.7 Å². The Hall–Kier alpha value is -3.95. The van der Waals surface area contributed by atoms with Crippen molar-refractivity contribution in [1.82, 2.24) is 5.32 Å². The molecular formula is C22H26N2O8. The molecule has 0 unspecified atom stereocenters. The number of imide groups is 1. The molecule has 0 aliphatic rings. The summed E-state index contributed by atoms with van der Waals surface area (Å²) in [6.07, 6.45) is 0. The molecule has 0 aromatic heterocycles. The zero-order valence-electron chi connectivity index (χ0n) is 18.1. The molecule has 10 heteroatoms. The van der Waals surface area contributed by atoms with Crippen molar-refractivity contribution in [3.63, 3.8) is 0 Å². The highest BCUT2D eigenvalue weighted by Gasteiger charge is 2.13. The zero-order valence-corrected chi connectivity index (χ0v) is 18.1. The van der Waals surface area contributed by atoms with Crippen molar-refractivity contribution in [3.8, 4) is 23.0 Å². The molecule has 2 aromatic rings. The van der Waals surface area contributed by atoms with Crippen molar-refractivity contribution in [3.05, 3.63) is 42.5 Å². The van der Waals surface area contributed by atoms with Crippen molar-refractivity contribution < 1.29 is 38.1 Å². The van der Waals surface area contributed by atoms with Crippen LogP contribution in [0, 0.1) is 0 Å². The lowest BCUT2D eigenvalue weighted by Crippen LogP contribution is -2.37. The second-order valence-electron chi connectivity index (χ2n) is 6.15. The highest BCUT2D eigenvalue weighted by atomic mass is 16.6. The van der Waals surface area contributed by atoms with E-state index in [1.165, 1.54) is 7.11 Å². The van der Waals surface area contributed by atoms with Gasteiger partial charge in [0.2, 0.25) is 0 Å². The molecule has 10 nitrogen and oxygen atoms in total. The number of hydrogen-bond donors (Lipinski definition) is 2. The van der Waals surface area contributed by atoms with Gasteiger partial charge < -0.3 is 29.0 Å². The Morgan fingerprint density at radius 2 is 1.47 bits per heavy atom. The van der Waals surface area contributed by atoms with Gasteiger partial charge in [-0.2, -0.15) is 0 Å². The lowest BCUT2D eigenvalue weighted by atomic mass is 10.2. The maximum atomic E-state index is 12.0. The summed E-state index contributed by atoms with van der Waals surface area (Å²) in [5.74, 6) is 0.535. The molecule has 0 saturated carbocycles. The molecule has 0 saturated heterocycles. The van der Waals surface area contributed by atoms with Gasteiger partial charge in [-0.15, -0.1) is 0 Å². The van der Waals surface area contributed by atoms with Gasteiger partial charge in [0.05, 0.1) is 20.3 Å². The fourth-order valence-electron chi connectivity index (χ4n) is 2.46. The molecule has 2 rings (SSSR count). The number of rotatable bonds is 11. The Balaban J connectivity index is 1.75. The van der Waals surface area contributed by atoms with E-state index >= 15 is 0 Å². The topological polar surface area (TPSA) is 121 Å². The summed E-state index contributed by atoms with van der Waals surface area (Å²) in [4.78, 5) is 35.6. The average molecular weight is 446 g/mol. The van der Waals surface area contributed by atoms with Crippen molar-refractivity contribution in [1.29, 1.82) is 0 Å². The molecule has 0 radical (unpaired) electrons. The first-order valence-corrected chi connectivity index (χ1v) is 9.88. The van der Waals surface area contributed by atoms with Crippen LogP contribution in [0.1, 0.15) is 13.8 Å². The first-order chi connectivity index (χ1) is 15.4. The molecule has 2 aromatic carbocycles. The number of ether oxygens (including phenoxy) is 5. The molecule has 0 aliphatic heterocycles. The number of amides is 3. The Labute approximate surface area is 185 Å². The van der Waals surface area contributed by atoms with E-state index in [1.807, 2.05) is 13.8 Å². The van der Waals surface area contributed by atoms with E-state index < -0.39 is 31.1 Å². The second kappa shape index (κ2) is 12.7. The minimum Gasteiger partial charge on any atom is -0.497 e. The first-order valence-electron chi connectivity index (χ1n) is 9.88. The molecular weight excluding hydrogens is 420 g/mol. The van der Waals surface area contributed by atoms with Crippen LogP contribution in [-0.4, -0.2) is 51.4 Å². The number of carbonyl (C=O) groups is 3. The summed E-state index contributed by atoms with van der Waals surface area (Å²) in [6, 6.07) is 10.7. The molecule has 0 fully saturated rings. The van der Waals surface area contributed by atoms with Gasteiger partial charge in [0.15, 0.2) is 24.7 Å². The standard InChI is InChI=1S/C22H26N2O8/c1-4-29-18-11-6-15(12-19(18)30-5-2)23-22(27)24-20(25)13-32-21(26)14-31-17-9-7-16(28-3)8-10-17/h6-12H,4-5,13-14H2,1-3H3,(H2,23,24,25,27). The maximum Gasteiger partial charge on any atom is 0.344 e. The molecule has 172 valence electrons. The number of urea groups is 1. The predicted octanol–water partition coefficient (Wildman–Crippen LogP) is 2.76. The third-order valence-electron chi connectivity index (χ3n) is 3.83. The van der Waals surface area contributed by atoms with Crippen LogP contribution in [0.15, 0.2) is 42.5 Å². The van der Waals surface area contributed by atoms with Gasteiger partial charge in [0.1, 0.15) is 11.5 Å². The minimum atomic E-state index is -0.795. The van der Waals surface area contributed by atoms with Crippen LogP contribution >= 0.6 is 0 Å². The van der Waals surface area contributed by atoms with Crippen LogP contribution in [0.25, 0.3) is 0 Å². The van der Waals surface area contributed by atoms with Crippen LogP contribution in [-0.2, 0) is 14.3 Å². The quantitative estimate of drug-likeness (QED) is 0.506. The number of anilines is 1. The molecule has 2 N–H and O–H groups in total. The summed E-state index contributed by atoms with van der Waals surface area (Å²) < 4.78 is 26.0. The summed E-state index contributed by atoms with van der Waals surface area (Å²) in [6.45, 7) is 3.53. The average Bonchev–Trinajstić information content (AvgIpc) is 2.78. The summed E-state index contributed by atoms with van der Waals surface area (Å²) in [5.41, 5.74) is 0.395. The van der Waals surface area contributed by atoms with E-state index in [0.717, 1.165) is 0 Å². The van der Waals surface area contributed by atoms with E-state index in [9.17, 15) is 14.4 Å². The Morgan fingerprint density at radius 1 is 0.812 bits per heavy atom. The largest absolute Gasteiger partial charge is 0.497 e. The van der Waals surface area contributed by atoms with Crippen LogP contribution < -0.4 is 29.6 Å². The monoisotopic (exact) mass is 446 g/mol. The van der Waals surface area contributed by atoms with Crippen molar-refractivity contribution >= 4 is 23.6 Å². The third-order valence-corrected chi connectivity index (χ3v) is 3.83. The summed E-state index contributed by atoms with van der Waals surface area (Å²) in [7, 11) is 1.54. The number of esters is 1. The maximum absolute atomic E-state index is 12.0. The molecule has 0 spiro atoms. The number of methoxy groups -OCH3 is 1. The Morgan fingerprint density at radius 3 is 2.12 bits per heavy atom. The lowest BCUT2D eigenvalue weighted by Gasteiger charge is -2.13.